The van der Waals surface area contributed by atoms with E-state index in [9.17, 15) is 4.79 Å². The number of hydrazine groups is 1. The number of aliphatic imine (C=N–C) groups is 1. The molecule has 0 saturated carbocycles. The first-order chi connectivity index (χ1) is 23.4. The van der Waals surface area contributed by atoms with Gasteiger partial charge in [-0.1, -0.05) is 105 Å². The lowest BCUT2D eigenvalue weighted by molar-refractivity contribution is -0.130. The Morgan fingerprint density at radius 3 is 2.04 bits per heavy atom. The summed E-state index contributed by atoms with van der Waals surface area (Å²) in [6.07, 6.45) is 0.111. The molecule has 0 radical (unpaired) electrons. The Morgan fingerprint density at radius 2 is 1.42 bits per heavy atom. The van der Waals surface area contributed by atoms with E-state index in [2.05, 4.69) is 67.0 Å². The van der Waals surface area contributed by atoms with Gasteiger partial charge >= 0.3 is 0 Å². The number of ether oxygens (including phenoxy) is 2. The van der Waals surface area contributed by atoms with E-state index in [-0.39, 0.29) is 25.0 Å². The molecule has 0 spiro atoms. The third-order valence-corrected chi connectivity index (χ3v) is 9.81. The lowest BCUT2D eigenvalue weighted by Crippen LogP contribution is -2.54. The summed E-state index contributed by atoms with van der Waals surface area (Å²) in [4.78, 5) is 20.0. The zero-order valence-corrected chi connectivity index (χ0v) is 29.1. The van der Waals surface area contributed by atoms with E-state index < -0.39 is 11.6 Å². The maximum absolute atomic E-state index is 14.8. The third-order valence-electron chi connectivity index (χ3n) is 8.75. The van der Waals surface area contributed by atoms with Crippen LogP contribution in [0.4, 0.5) is 0 Å². The molecule has 3 N–H and O–H groups in total. The first-order valence-corrected chi connectivity index (χ1v) is 17.4. The zero-order chi connectivity index (χ0) is 33.1. The Hall–Kier alpha value is -4.28. The topological polar surface area (TPSA) is 92.2 Å². The molecule has 0 bridgehead atoms. The van der Waals surface area contributed by atoms with Crippen LogP contribution in [0.2, 0.25) is 0 Å². The molecule has 7 rings (SSSR count). The minimum Gasteiger partial charge on any atom is -0.494 e. The molecule has 5 aromatic rings. The average Bonchev–Trinajstić information content (AvgIpc) is 3.66. The molecule has 1 aliphatic carbocycles. The van der Waals surface area contributed by atoms with Crippen molar-refractivity contribution in [1.29, 1.82) is 0 Å². The van der Waals surface area contributed by atoms with E-state index in [1.165, 1.54) is 0 Å². The minimum atomic E-state index is -1.36. The van der Waals surface area contributed by atoms with Crippen LogP contribution in [0.5, 0.6) is 5.75 Å². The van der Waals surface area contributed by atoms with Gasteiger partial charge in [-0.05, 0) is 81.9 Å². The van der Waals surface area contributed by atoms with Gasteiger partial charge in [0.15, 0.2) is 11.6 Å². The number of carbonyl (C=O) groups is 1. The number of benzene rings is 5. The van der Waals surface area contributed by atoms with E-state index in [1.54, 1.807) is 0 Å². The summed E-state index contributed by atoms with van der Waals surface area (Å²) in [5, 5.41) is 9.11. The van der Waals surface area contributed by atoms with Crippen molar-refractivity contribution in [2.75, 3.05) is 13.2 Å². The van der Waals surface area contributed by atoms with Gasteiger partial charge in [-0.3, -0.25) is 10.2 Å². The molecule has 7 nitrogen and oxygen atoms in total. The predicted molar refractivity (Wildman–Crippen MR) is 194 cm³/mol. The van der Waals surface area contributed by atoms with Crippen LogP contribution in [0.15, 0.2) is 135 Å². The molecule has 242 valence electrons. The van der Waals surface area contributed by atoms with Crippen molar-refractivity contribution in [3.63, 3.8) is 0 Å². The zero-order valence-electron chi connectivity index (χ0n) is 25.9. The molecule has 0 unspecified atom stereocenters. The van der Waals surface area contributed by atoms with Gasteiger partial charge in [0, 0.05) is 34.0 Å². The van der Waals surface area contributed by atoms with Gasteiger partial charge < -0.3 is 14.6 Å². The fourth-order valence-corrected chi connectivity index (χ4v) is 6.92. The SMILES string of the molecule is O=C(NNC1c2ccccc2-c2ccccc21)[C@@]1(Cc2ccc(Br)cc2)N=C(c2ccc(OCCCO)cc2)O[C@H]1c1ccc(Br)cc1. The highest BCUT2D eigenvalue weighted by Crippen LogP contribution is 2.45. The number of aliphatic hydroxyl groups excluding tert-OH is 1. The summed E-state index contributed by atoms with van der Waals surface area (Å²) in [7, 11) is 0. The van der Waals surface area contributed by atoms with Gasteiger partial charge in [0.2, 0.25) is 5.90 Å². The molecule has 0 fully saturated rings. The number of aliphatic hydroxyl groups is 1. The van der Waals surface area contributed by atoms with Gasteiger partial charge in [0.1, 0.15) is 5.75 Å². The van der Waals surface area contributed by atoms with Crippen LogP contribution in [0, 0.1) is 0 Å². The molecule has 1 heterocycles. The Labute approximate surface area is 296 Å². The molecule has 2 aliphatic rings. The third kappa shape index (κ3) is 6.43. The normalized spacial score (nSPS) is 18.1. The number of amides is 1. The number of hydrogen-bond donors (Lipinski definition) is 3. The van der Waals surface area contributed by atoms with Crippen LogP contribution in [-0.2, 0) is 16.0 Å². The van der Waals surface area contributed by atoms with E-state index >= 15 is 0 Å². The van der Waals surface area contributed by atoms with Gasteiger partial charge in [-0.15, -0.1) is 0 Å². The number of rotatable bonds is 11. The van der Waals surface area contributed by atoms with Crippen LogP contribution in [0.25, 0.3) is 11.1 Å². The highest BCUT2D eigenvalue weighted by molar-refractivity contribution is 9.10. The molecule has 5 aromatic carbocycles. The van der Waals surface area contributed by atoms with Crippen LogP contribution < -0.4 is 15.6 Å². The highest BCUT2D eigenvalue weighted by atomic mass is 79.9. The van der Waals surface area contributed by atoms with E-state index in [0.29, 0.717) is 24.7 Å². The smallest absolute Gasteiger partial charge is 0.266 e. The summed E-state index contributed by atoms with van der Waals surface area (Å²) < 4.78 is 14.3. The van der Waals surface area contributed by atoms with Gasteiger partial charge in [0.25, 0.3) is 5.91 Å². The maximum atomic E-state index is 14.8. The number of hydrogen-bond acceptors (Lipinski definition) is 6. The van der Waals surface area contributed by atoms with Crippen molar-refractivity contribution in [2.24, 2.45) is 4.99 Å². The van der Waals surface area contributed by atoms with Gasteiger partial charge in [0.05, 0.1) is 12.6 Å². The summed E-state index contributed by atoms with van der Waals surface area (Å²) in [5.74, 6) is 0.739. The van der Waals surface area contributed by atoms with Crippen molar-refractivity contribution < 1.29 is 19.4 Å². The van der Waals surface area contributed by atoms with Crippen molar-refractivity contribution in [3.05, 3.63) is 158 Å². The number of nitrogens with zero attached hydrogens (tertiary/aromatic N) is 1. The van der Waals surface area contributed by atoms with Crippen molar-refractivity contribution in [3.8, 4) is 16.9 Å². The molecule has 0 aromatic heterocycles. The molecule has 48 heavy (non-hydrogen) atoms. The van der Waals surface area contributed by atoms with Crippen molar-refractivity contribution in [2.45, 2.75) is 30.5 Å². The monoisotopic (exact) mass is 765 g/mol. The van der Waals surface area contributed by atoms with E-state index in [0.717, 1.165) is 47.9 Å². The first kappa shape index (κ1) is 32.3. The Balaban J connectivity index is 1.27. The van der Waals surface area contributed by atoms with E-state index in [4.69, 9.17) is 19.6 Å². The molecule has 0 saturated heterocycles. The first-order valence-electron chi connectivity index (χ1n) is 15.8. The molecular formula is C39H33Br2N3O4. The standard InChI is InChI=1S/C39H33Br2N3O4/c40-28-16-10-25(11-17-28)24-39(38(46)44-43-35-33-8-3-1-6-31(33)32-7-2-4-9-34(32)35)36(26-12-18-29(41)19-13-26)48-37(42-39)27-14-20-30(21-15-27)47-23-5-22-45/h1-4,6-21,35-36,43,45H,5,22-24H2,(H,44,46)/t36-,39-/m0/s1. The highest BCUT2D eigenvalue weighted by Gasteiger charge is 2.53. The Morgan fingerprint density at radius 1 is 0.812 bits per heavy atom. The minimum absolute atomic E-state index is 0.0668. The number of halogens is 2. The fourth-order valence-electron chi connectivity index (χ4n) is 6.39. The second kappa shape index (κ2) is 14.1. The van der Waals surface area contributed by atoms with Gasteiger partial charge in [-0.25, -0.2) is 10.4 Å². The molecule has 9 heteroatoms. The average molecular weight is 768 g/mol. The maximum Gasteiger partial charge on any atom is 0.266 e. The van der Waals surface area contributed by atoms with Crippen LogP contribution in [0.3, 0.4) is 0 Å². The summed E-state index contributed by atoms with van der Waals surface area (Å²) in [6.45, 7) is 0.482. The number of fused-ring (bicyclic) bond motifs is 3. The largest absolute Gasteiger partial charge is 0.494 e. The lowest BCUT2D eigenvalue weighted by atomic mass is 9.82. The Bertz CT molecular complexity index is 1900. The second-order valence-corrected chi connectivity index (χ2v) is 13.7. The quantitative estimate of drug-likeness (QED) is 0.0941. The summed E-state index contributed by atoms with van der Waals surface area (Å²) >= 11 is 7.09. The number of nitrogens with one attached hydrogen (secondary N) is 2. The number of carbonyl (C=O) groups excluding carboxylic acids is 1. The van der Waals surface area contributed by atoms with Crippen LogP contribution >= 0.6 is 31.9 Å². The molecule has 1 amide bonds. The lowest BCUT2D eigenvalue weighted by Gasteiger charge is -2.31. The van der Waals surface area contributed by atoms with Crippen LogP contribution in [0.1, 0.15) is 46.4 Å². The summed E-state index contributed by atoms with van der Waals surface area (Å²) in [5.41, 5.74) is 12.1. The fraction of sp³-hybridized carbons (Fsp3) is 0.179. The molecule has 2 atom stereocenters. The second-order valence-electron chi connectivity index (χ2n) is 11.8. The molecular weight excluding hydrogens is 734 g/mol. The van der Waals surface area contributed by atoms with Crippen molar-refractivity contribution >= 4 is 43.7 Å². The van der Waals surface area contributed by atoms with Crippen molar-refractivity contribution in [1.82, 2.24) is 10.9 Å². The Kier molecular flexibility index (Phi) is 9.45. The van der Waals surface area contributed by atoms with Gasteiger partial charge in [-0.2, -0.15) is 0 Å². The molecule has 1 aliphatic heterocycles. The summed E-state index contributed by atoms with van der Waals surface area (Å²) in [6, 6.07) is 39.5. The van der Waals surface area contributed by atoms with E-state index in [1.807, 2.05) is 97.1 Å². The predicted octanol–water partition coefficient (Wildman–Crippen LogP) is 7.86. The van der Waals surface area contributed by atoms with Crippen LogP contribution in [-0.4, -0.2) is 35.7 Å².